The molecular formula is C21H19N3O. The molecule has 124 valence electrons. The van der Waals surface area contributed by atoms with E-state index in [1.165, 1.54) is 0 Å². The van der Waals surface area contributed by atoms with Gasteiger partial charge in [0.1, 0.15) is 11.6 Å². The van der Waals surface area contributed by atoms with Gasteiger partial charge in [-0.15, -0.1) is 0 Å². The van der Waals surface area contributed by atoms with Crippen molar-refractivity contribution in [2.75, 3.05) is 5.32 Å². The van der Waals surface area contributed by atoms with Crippen molar-refractivity contribution in [3.05, 3.63) is 71.4 Å². The number of nitriles is 1. The first-order valence-electron chi connectivity index (χ1n) is 8.20. The quantitative estimate of drug-likeness (QED) is 0.565. The van der Waals surface area contributed by atoms with Gasteiger partial charge in [0.05, 0.1) is 0 Å². The van der Waals surface area contributed by atoms with Crippen LogP contribution in [0.15, 0.2) is 60.3 Å². The van der Waals surface area contributed by atoms with E-state index < -0.39 is 5.91 Å². The molecule has 0 fully saturated rings. The average molecular weight is 329 g/mol. The fourth-order valence-electron chi connectivity index (χ4n) is 2.88. The first-order chi connectivity index (χ1) is 12.1. The Morgan fingerprint density at radius 2 is 2.04 bits per heavy atom. The van der Waals surface area contributed by atoms with E-state index in [-0.39, 0.29) is 5.57 Å². The maximum Gasteiger partial charge on any atom is 0.266 e. The minimum Gasteiger partial charge on any atom is -0.347 e. The Hall–Kier alpha value is -3.32. The maximum atomic E-state index is 12.5. The van der Waals surface area contributed by atoms with Crippen molar-refractivity contribution < 1.29 is 4.79 Å². The van der Waals surface area contributed by atoms with Crippen LogP contribution in [0.1, 0.15) is 18.1 Å². The van der Waals surface area contributed by atoms with Gasteiger partial charge in [0.25, 0.3) is 5.91 Å². The normalized spacial score (nSPS) is 11.3. The molecule has 1 aromatic heterocycles. The number of fused-ring (bicyclic) bond motifs is 1. The summed E-state index contributed by atoms with van der Waals surface area (Å²) in [6, 6.07) is 17.5. The van der Waals surface area contributed by atoms with E-state index in [1.807, 2.05) is 67.7 Å². The van der Waals surface area contributed by atoms with Gasteiger partial charge in [0.15, 0.2) is 0 Å². The van der Waals surface area contributed by atoms with Crippen LogP contribution in [-0.2, 0) is 11.3 Å². The summed E-state index contributed by atoms with van der Waals surface area (Å²) in [5, 5.41) is 13.3. The zero-order valence-corrected chi connectivity index (χ0v) is 14.3. The molecule has 0 aliphatic heterocycles. The van der Waals surface area contributed by atoms with Crippen molar-refractivity contribution >= 4 is 28.6 Å². The number of aromatic nitrogens is 1. The molecule has 0 atom stereocenters. The van der Waals surface area contributed by atoms with Gasteiger partial charge in [-0.2, -0.15) is 5.26 Å². The second-order valence-corrected chi connectivity index (χ2v) is 5.88. The topological polar surface area (TPSA) is 57.8 Å². The van der Waals surface area contributed by atoms with Crippen LogP contribution in [0.2, 0.25) is 0 Å². The van der Waals surface area contributed by atoms with Crippen LogP contribution < -0.4 is 5.32 Å². The fraction of sp³-hybridized carbons (Fsp3) is 0.143. The average Bonchev–Trinajstić information content (AvgIpc) is 2.97. The molecule has 0 aliphatic rings. The van der Waals surface area contributed by atoms with Crippen LogP contribution in [0.5, 0.6) is 0 Å². The predicted molar refractivity (Wildman–Crippen MR) is 101 cm³/mol. The van der Waals surface area contributed by atoms with Gasteiger partial charge in [-0.1, -0.05) is 30.3 Å². The third-order valence-corrected chi connectivity index (χ3v) is 4.10. The molecule has 0 unspecified atom stereocenters. The second-order valence-electron chi connectivity index (χ2n) is 5.88. The number of rotatable bonds is 4. The monoisotopic (exact) mass is 329 g/mol. The third-order valence-electron chi connectivity index (χ3n) is 4.10. The summed E-state index contributed by atoms with van der Waals surface area (Å²) in [6.45, 7) is 4.84. The number of carbonyl (C=O) groups excluding carboxylic acids is 1. The number of hydrogen-bond acceptors (Lipinski definition) is 2. The number of amides is 1. The van der Waals surface area contributed by atoms with Crippen molar-refractivity contribution in [1.29, 1.82) is 5.26 Å². The molecule has 0 spiro atoms. The number of nitrogens with one attached hydrogen (secondary N) is 1. The SMILES string of the molecule is CCn1cc(/C=C(/C#N)C(=O)Nc2cccc(C)c2)c2ccccc21. The number of anilines is 1. The second kappa shape index (κ2) is 7.06. The van der Waals surface area contributed by atoms with Gasteiger partial charge in [-0.05, 0) is 43.7 Å². The summed E-state index contributed by atoms with van der Waals surface area (Å²) >= 11 is 0. The first kappa shape index (κ1) is 16.5. The van der Waals surface area contributed by atoms with E-state index >= 15 is 0 Å². The highest BCUT2D eigenvalue weighted by Crippen LogP contribution is 2.24. The number of hydrogen-bond donors (Lipinski definition) is 1. The van der Waals surface area contributed by atoms with Crippen LogP contribution in [-0.4, -0.2) is 10.5 Å². The van der Waals surface area contributed by atoms with Gasteiger partial charge < -0.3 is 9.88 Å². The minimum atomic E-state index is -0.401. The van der Waals surface area contributed by atoms with E-state index in [4.69, 9.17) is 0 Å². The van der Waals surface area contributed by atoms with Crippen molar-refractivity contribution in [3.63, 3.8) is 0 Å². The Labute approximate surface area is 147 Å². The molecule has 3 rings (SSSR count). The van der Waals surface area contributed by atoms with Crippen LogP contribution in [0.4, 0.5) is 5.69 Å². The molecule has 0 bridgehead atoms. The molecule has 1 heterocycles. The molecule has 1 amide bonds. The van der Waals surface area contributed by atoms with Gasteiger partial charge >= 0.3 is 0 Å². The number of benzene rings is 2. The fourth-order valence-corrected chi connectivity index (χ4v) is 2.88. The molecular weight excluding hydrogens is 310 g/mol. The minimum absolute atomic E-state index is 0.0838. The lowest BCUT2D eigenvalue weighted by Gasteiger charge is -2.05. The smallest absolute Gasteiger partial charge is 0.266 e. The lowest BCUT2D eigenvalue weighted by molar-refractivity contribution is -0.112. The Morgan fingerprint density at radius 1 is 1.24 bits per heavy atom. The zero-order valence-electron chi connectivity index (χ0n) is 14.3. The first-order valence-corrected chi connectivity index (χ1v) is 8.20. The van der Waals surface area contributed by atoms with Crippen LogP contribution >= 0.6 is 0 Å². The van der Waals surface area contributed by atoms with Gasteiger partial charge in [-0.25, -0.2) is 0 Å². The maximum absolute atomic E-state index is 12.5. The number of aryl methyl sites for hydroxylation is 2. The Morgan fingerprint density at radius 3 is 2.76 bits per heavy atom. The van der Waals surface area contributed by atoms with Crippen molar-refractivity contribution in [2.24, 2.45) is 0 Å². The number of nitrogens with zero attached hydrogens (tertiary/aromatic N) is 2. The number of para-hydroxylation sites is 1. The summed E-state index contributed by atoms with van der Waals surface area (Å²) in [5.74, 6) is -0.401. The van der Waals surface area contributed by atoms with Crippen molar-refractivity contribution in [3.8, 4) is 6.07 Å². The summed E-state index contributed by atoms with van der Waals surface area (Å²) < 4.78 is 2.11. The van der Waals surface area contributed by atoms with Crippen molar-refractivity contribution in [1.82, 2.24) is 4.57 Å². The highest BCUT2D eigenvalue weighted by molar-refractivity contribution is 6.10. The molecule has 0 saturated carbocycles. The van der Waals surface area contributed by atoms with Gasteiger partial charge in [0.2, 0.25) is 0 Å². The molecule has 4 heteroatoms. The summed E-state index contributed by atoms with van der Waals surface area (Å²) in [7, 11) is 0. The standard InChI is InChI=1S/C21H19N3O/c1-3-24-14-17(19-9-4-5-10-20(19)24)12-16(13-22)21(25)23-18-8-6-7-15(2)11-18/h4-12,14H,3H2,1-2H3,(H,23,25)/b16-12-. The van der Waals surface area contributed by atoms with E-state index in [1.54, 1.807) is 6.08 Å². The molecule has 3 aromatic rings. The summed E-state index contributed by atoms with van der Waals surface area (Å²) in [5.41, 5.74) is 3.77. The molecule has 0 radical (unpaired) electrons. The van der Waals surface area contributed by atoms with Gasteiger partial charge in [0, 0.05) is 34.9 Å². The Kier molecular flexibility index (Phi) is 4.67. The van der Waals surface area contributed by atoms with Crippen LogP contribution in [0.3, 0.4) is 0 Å². The highest BCUT2D eigenvalue weighted by Gasteiger charge is 2.12. The van der Waals surface area contributed by atoms with Crippen molar-refractivity contribution in [2.45, 2.75) is 20.4 Å². The number of carbonyl (C=O) groups is 1. The summed E-state index contributed by atoms with van der Waals surface area (Å²) in [4.78, 5) is 12.5. The van der Waals surface area contributed by atoms with E-state index in [2.05, 4.69) is 16.8 Å². The van der Waals surface area contributed by atoms with E-state index in [0.29, 0.717) is 5.69 Å². The molecule has 1 N–H and O–H groups in total. The van der Waals surface area contributed by atoms with Crippen LogP contribution in [0, 0.1) is 18.3 Å². The molecule has 25 heavy (non-hydrogen) atoms. The largest absolute Gasteiger partial charge is 0.347 e. The molecule has 4 nitrogen and oxygen atoms in total. The van der Waals surface area contributed by atoms with E-state index in [0.717, 1.165) is 28.6 Å². The third kappa shape index (κ3) is 3.46. The molecule has 0 aliphatic carbocycles. The predicted octanol–water partition coefficient (Wildman–Crippen LogP) is 4.52. The van der Waals surface area contributed by atoms with Crippen LogP contribution in [0.25, 0.3) is 17.0 Å². The Bertz CT molecular complexity index is 1010. The van der Waals surface area contributed by atoms with Gasteiger partial charge in [-0.3, -0.25) is 4.79 Å². The highest BCUT2D eigenvalue weighted by atomic mass is 16.1. The molecule has 2 aromatic carbocycles. The Balaban J connectivity index is 1.96. The molecule has 0 saturated heterocycles. The lowest BCUT2D eigenvalue weighted by Crippen LogP contribution is -2.13. The van der Waals surface area contributed by atoms with E-state index in [9.17, 15) is 10.1 Å². The summed E-state index contributed by atoms with van der Waals surface area (Å²) in [6.07, 6.45) is 3.63. The lowest BCUT2D eigenvalue weighted by atomic mass is 10.1. The zero-order chi connectivity index (χ0) is 17.8.